The number of hydrazine groups is 1. The molecule has 0 radical (unpaired) electrons. The number of anilines is 3. The largest absolute Gasteiger partial charge is 0.507 e. The Hall–Kier alpha value is -4.61. The van der Waals surface area contributed by atoms with Gasteiger partial charge in [-0.05, 0) is 91.8 Å². The third-order valence-corrected chi connectivity index (χ3v) is 7.11. The molecule has 238 valence electrons. The van der Waals surface area contributed by atoms with Crippen molar-refractivity contribution in [1.82, 2.24) is 15.4 Å². The molecule has 1 aromatic heterocycles. The van der Waals surface area contributed by atoms with Crippen LogP contribution in [0.1, 0.15) is 65.9 Å². The van der Waals surface area contributed by atoms with E-state index >= 15 is 0 Å². The van der Waals surface area contributed by atoms with Gasteiger partial charge in [0.05, 0.1) is 0 Å². The number of phenolic OH excluding ortho intramolecular Hbond substituents is 1. The number of rotatable bonds is 15. The topological polar surface area (TPSA) is 134 Å². The molecular formula is C34H40F2N6O3. The molecule has 0 fully saturated rings. The first-order chi connectivity index (χ1) is 21.6. The fourth-order valence-electron chi connectivity index (χ4n) is 4.86. The van der Waals surface area contributed by atoms with E-state index in [2.05, 4.69) is 33.1 Å². The molecule has 1 heterocycles. The van der Waals surface area contributed by atoms with Crippen molar-refractivity contribution in [2.45, 2.75) is 58.9 Å². The second-order valence-corrected chi connectivity index (χ2v) is 10.8. The fraction of sp³-hybridized carbons (Fsp3) is 0.324. The van der Waals surface area contributed by atoms with E-state index in [0.29, 0.717) is 41.1 Å². The van der Waals surface area contributed by atoms with Gasteiger partial charge in [0.15, 0.2) is 0 Å². The summed E-state index contributed by atoms with van der Waals surface area (Å²) in [5, 5.41) is 13.5. The number of halogens is 2. The number of alkyl halides is 2. The summed E-state index contributed by atoms with van der Waals surface area (Å²) < 4.78 is 34.0. The summed E-state index contributed by atoms with van der Waals surface area (Å²) in [6.07, 6.45) is 5.64. The normalized spacial score (nSPS) is 11.3. The number of nitrogens with one attached hydrogen (secondary N) is 3. The molecule has 0 aliphatic rings. The fourth-order valence-corrected chi connectivity index (χ4v) is 4.86. The van der Waals surface area contributed by atoms with Gasteiger partial charge in [-0.1, -0.05) is 38.5 Å². The van der Waals surface area contributed by atoms with Crippen LogP contribution in [-0.2, 0) is 23.6 Å². The zero-order valence-corrected chi connectivity index (χ0v) is 25.8. The van der Waals surface area contributed by atoms with Crippen molar-refractivity contribution < 1.29 is 23.4 Å². The molecule has 0 unspecified atom stereocenters. The van der Waals surface area contributed by atoms with Crippen LogP contribution < -0.4 is 21.9 Å². The lowest BCUT2D eigenvalue weighted by Crippen LogP contribution is -2.31. The molecule has 11 heteroatoms. The lowest BCUT2D eigenvalue weighted by molar-refractivity contribution is 0.00306. The number of phenols is 1. The van der Waals surface area contributed by atoms with Gasteiger partial charge in [-0.15, -0.1) is 0 Å². The Morgan fingerprint density at radius 1 is 1.00 bits per heavy atom. The Labute approximate surface area is 262 Å². The number of benzene rings is 3. The molecule has 9 nitrogen and oxygen atoms in total. The minimum absolute atomic E-state index is 0.0422. The van der Waals surface area contributed by atoms with Crippen molar-refractivity contribution in [2.75, 3.05) is 24.0 Å². The van der Waals surface area contributed by atoms with E-state index in [-0.39, 0.29) is 17.6 Å². The minimum atomic E-state index is -3.59. The van der Waals surface area contributed by atoms with Gasteiger partial charge in [0.25, 0.3) is 5.91 Å². The first kappa shape index (κ1) is 33.3. The minimum Gasteiger partial charge on any atom is -0.507 e. The van der Waals surface area contributed by atoms with Crippen LogP contribution in [0.25, 0.3) is 11.1 Å². The van der Waals surface area contributed by atoms with E-state index in [4.69, 9.17) is 10.5 Å². The van der Waals surface area contributed by atoms with Gasteiger partial charge in [0.1, 0.15) is 5.75 Å². The molecule has 45 heavy (non-hydrogen) atoms. The third-order valence-electron chi connectivity index (χ3n) is 7.11. The molecule has 0 aliphatic heterocycles. The van der Waals surface area contributed by atoms with Crippen LogP contribution in [0.2, 0.25) is 0 Å². The Morgan fingerprint density at radius 3 is 2.53 bits per heavy atom. The number of hydrogen-bond donors (Lipinski definition) is 5. The number of carbonyl (C=O) groups excluding carboxylic acids is 1. The van der Waals surface area contributed by atoms with E-state index in [1.165, 1.54) is 18.2 Å². The van der Waals surface area contributed by atoms with E-state index < -0.39 is 11.6 Å². The molecule has 3 aromatic carbocycles. The number of amides is 1. The molecule has 4 aromatic rings. The Bertz CT molecular complexity index is 1610. The van der Waals surface area contributed by atoms with Gasteiger partial charge in [0, 0.05) is 53.2 Å². The number of ether oxygens (including phenoxy) is 1. The molecule has 0 bridgehead atoms. The van der Waals surface area contributed by atoms with Crippen LogP contribution in [0.4, 0.5) is 26.1 Å². The lowest BCUT2D eigenvalue weighted by Gasteiger charge is -2.17. The van der Waals surface area contributed by atoms with E-state index in [1.807, 2.05) is 19.9 Å². The Morgan fingerprint density at radius 2 is 1.80 bits per heavy atom. The number of aromatic nitrogens is 2. The molecule has 0 saturated heterocycles. The van der Waals surface area contributed by atoms with Gasteiger partial charge in [0.2, 0.25) is 5.95 Å². The number of para-hydroxylation sites is 1. The van der Waals surface area contributed by atoms with Crippen molar-refractivity contribution in [2.24, 2.45) is 5.73 Å². The van der Waals surface area contributed by atoms with Crippen LogP contribution in [0.3, 0.4) is 0 Å². The number of hydrogen-bond acceptors (Lipinski definition) is 8. The van der Waals surface area contributed by atoms with Crippen LogP contribution in [-0.4, -0.2) is 34.2 Å². The summed E-state index contributed by atoms with van der Waals surface area (Å²) in [7, 11) is 0. The standard InChI is InChI=1S/C34H40F2N6O3/c1-4-9-23-18-26(39-27-19-24(17-25(20-27)34(35,36)37)28-10-6-7-12-31(28)43)13-14-29(23)32(44)41-42-33-38-21-22(3)30(40-33)11-8-16-45-15-5-2/h6-7,10,12-14,17-21,39,43H,4-5,8-9,11,15-16,37H2,1-3H3,(H,41,44)(H,38,40,42). The summed E-state index contributed by atoms with van der Waals surface area (Å²) >= 11 is 0. The summed E-state index contributed by atoms with van der Waals surface area (Å²) in [5.41, 5.74) is 15.0. The van der Waals surface area contributed by atoms with Crippen molar-refractivity contribution in [3.8, 4) is 16.9 Å². The van der Waals surface area contributed by atoms with Crippen LogP contribution >= 0.6 is 0 Å². The highest BCUT2D eigenvalue weighted by molar-refractivity contribution is 5.96. The highest BCUT2D eigenvalue weighted by Crippen LogP contribution is 2.36. The molecule has 6 N–H and O–H groups in total. The van der Waals surface area contributed by atoms with Gasteiger partial charge >= 0.3 is 6.05 Å². The monoisotopic (exact) mass is 618 g/mol. The molecule has 0 spiro atoms. The number of aryl methyl sites for hydroxylation is 3. The van der Waals surface area contributed by atoms with Crippen molar-refractivity contribution >= 4 is 23.2 Å². The summed E-state index contributed by atoms with van der Waals surface area (Å²) in [6.45, 7) is 7.41. The molecular weight excluding hydrogens is 578 g/mol. The smallest absolute Gasteiger partial charge is 0.327 e. The Balaban J connectivity index is 1.50. The van der Waals surface area contributed by atoms with Crippen molar-refractivity contribution in [1.29, 1.82) is 0 Å². The van der Waals surface area contributed by atoms with Gasteiger partial charge in [-0.2, -0.15) is 8.78 Å². The Kier molecular flexibility index (Phi) is 11.4. The summed E-state index contributed by atoms with van der Waals surface area (Å²) in [5.74, 6) is -0.125. The number of nitrogens with zero attached hydrogens (tertiary/aromatic N) is 2. The predicted molar refractivity (Wildman–Crippen MR) is 173 cm³/mol. The number of aromatic hydroxyl groups is 1. The predicted octanol–water partition coefficient (Wildman–Crippen LogP) is 6.98. The molecule has 1 amide bonds. The maximum Gasteiger partial charge on any atom is 0.327 e. The van der Waals surface area contributed by atoms with Gasteiger partial charge in [-0.25, -0.2) is 9.97 Å². The van der Waals surface area contributed by atoms with Crippen LogP contribution in [0.15, 0.2) is 66.9 Å². The zero-order valence-electron chi connectivity index (χ0n) is 25.8. The van der Waals surface area contributed by atoms with Gasteiger partial charge in [-0.3, -0.25) is 21.4 Å². The van der Waals surface area contributed by atoms with Crippen molar-refractivity contribution in [3.63, 3.8) is 0 Å². The zero-order chi connectivity index (χ0) is 32.4. The SMILES string of the molecule is CCCOCCCc1nc(NNC(=O)c2ccc(Nc3cc(-c4ccccc4O)cc(C(N)(F)F)c3)cc2CCC)ncc1C. The first-order valence-electron chi connectivity index (χ1n) is 15.1. The highest BCUT2D eigenvalue weighted by atomic mass is 19.3. The van der Waals surface area contributed by atoms with E-state index in [9.17, 15) is 18.7 Å². The average Bonchev–Trinajstić information content (AvgIpc) is 3.01. The first-order valence-corrected chi connectivity index (χ1v) is 15.1. The van der Waals surface area contributed by atoms with E-state index in [1.54, 1.807) is 42.6 Å². The maximum absolute atomic E-state index is 14.2. The second-order valence-electron chi connectivity index (χ2n) is 10.8. The molecule has 4 rings (SSSR count). The third kappa shape index (κ3) is 9.19. The highest BCUT2D eigenvalue weighted by Gasteiger charge is 2.27. The lowest BCUT2D eigenvalue weighted by atomic mass is 9.99. The quantitative estimate of drug-likeness (QED) is 0.0548. The molecule has 0 saturated carbocycles. The molecule has 0 atom stereocenters. The number of carbonyl (C=O) groups is 1. The molecule has 0 aliphatic carbocycles. The number of nitrogens with two attached hydrogens (primary N) is 1. The second kappa shape index (κ2) is 15.4. The summed E-state index contributed by atoms with van der Waals surface area (Å²) in [4.78, 5) is 22.0. The van der Waals surface area contributed by atoms with Crippen LogP contribution in [0, 0.1) is 6.92 Å². The maximum atomic E-state index is 14.2. The van der Waals surface area contributed by atoms with Crippen molar-refractivity contribution in [3.05, 3.63) is 94.8 Å². The van der Waals surface area contributed by atoms with E-state index in [0.717, 1.165) is 49.1 Å². The van der Waals surface area contributed by atoms with Crippen LogP contribution in [0.5, 0.6) is 5.75 Å². The average molecular weight is 619 g/mol. The summed E-state index contributed by atoms with van der Waals surface area (Å²) in [6, 6.07) is 12.3. The van der Waals surface area contributed by atoms with Gasteiger partial charge < -0.3 is 15.2 Å².